The van der Waals surface area contributed by atoms with Gasteiger partial charge in [0.2, 0.25) is 0 Å². The van der Waals surface area contributed by atoms with Crippen molar-refractivity contribution in [1.29, 1.82) is 0 Å². The molecule has 0 aromatic rings. The Kier molecular flexibility index (Phi) is 2.10. The van der Waals surface area contributed by atoms with Crippen LogP contribution in [0.5, 0.6) is 0 Å². The van der Waals surface area contributed by atoms with E-state index in [1.54, 1.807) is 0 Å². The number of aliphatic imine (C=N–C) groups is 1. The first-order valence-corrected chi connectivity index (χ1v) is 6.69. The number of nitrogens with zero attached hydrogens (tertiary/aromatic N) is 1. The Morgan fingerprint density at radius 1 is 1.27 bits per heavy atom. The molecule has 0 amide bonds. The molecule has 0 aliphatic heterocycles. The van der Waals surface area contributed by atoms with Crippen LogP contribution in [-0.4, -0.2) is 10.7 Å². The molecule has 15 heavy (non-hydrogen) atoms. The molecule has 4 saturated carbocycles. The second kappa shape index (κ2) is 3.15. The van der Waals surface area contributed by atoms with Gasteiger partial charge in [0.25, 0.3) is 0 Å². The van der Waals surface area contributed by atoms with Crippen LogP contribution in [0.2, 0.25) is 0 Å². The number of rotatable bonds is 2. The molecule has 2 heteroatoms. The maximum Gasteiger partial charge on any atom is 0.0721 e. The van der Waals surface area contributed by atoms with Crippen LogP contribution in [-0.2, 0) is 0 Å². The Balaban J connectivity index is 1.98. The molecule has 0 N–H and O–H groups in total. The van der Waals surface area contributed by atoms with Crippen molar-refractivity contribution >= 4 is 17.4 Å². The Hall–Kier alpha value is -0.200. The predicted molar refractivity (Wildman–Crippen MR) is 65.2 cm³/mol. The number of isothiocyanates is 1. The standard InChI is InChI=1S/C13H19NS/c1-2-12-4-10-3-11(5-12)7-13(6-10,8-12)14-9-15/h10-11H,2-8H2,1H3. The van der Waals surface area contributed by atoms with E-state index in [1.165, 1.54) is 44.9 Å². The molecule has 4 aliphatic rings. The maximum absolute atomic E-state index is 4.84. The van der Waals surface area contributed by atoms with Gasteiger partial charge in [-0.3, -0.25) is 0 Å². The van der Waals surface area contributed by atoms with E-state index in [1.807, 2.05) is 0 Å². The maximum atomic E-state index is 4.84. The average molecular weight is 221 g/mol. The van der Waals surface area contributed by atoms with Crippen LogP contribution in [0.1, 0.15) is 51.9 Å². The molecule has 0 aromatic carbocycles. The molecule has 0 saturated heterocycles. The van der Waals surface area contributed by atoms with Crippen molar-refractivity contribution in [1.82, 2.24) is 0 Å². The topological polar surface area (TPSA) is 12.4 Å². The summed E-state index contributed by atoms with van der Waals surface area (Å²) in [5, 5.41) is 2.67. The van der Waals surface area contributed by atoms with Crippen LogP contribution in [0.15, 0.2) is 4.99 Å². The zero-order valence-electron chi connectivity index (χ0n) is 9.46. The smallest absolute Gasteiger partial charge is 0.0721 e. The Labute approximate surface area is 97.4 Å². The third-order valence-electron chi connectivity index (χ3n) is 5.18. The molecular weight excluding hydrogens is 202 g/mol. The molecular formula is C13H19NS. The Morgan fingerprint density at radius 3 is 2.47 bits per heavy atom. The Bertz CT molecular complexity index is 315. The molecule has 82 valence electrons. The van der Waals surface area contributed by atoms with Crippen molar-refractivity contribution in [2.24, 2.45) is 22.2 Å². The molecule has 2 unspecified atom stereocenters. The van der Waals surface area contributed by atoms with Gasteiger partial charge in [-0.1, -0.05) is 13.3 Å². The quantitative estimate of drug-likeness (QED) is 0.510. The first kappa shape index (κ1) is 9.99. The fourth-order valence-corrected chi connectivity index (χ4v) is 5.24. The van der Waals surface area contributed by atoms with Crippen LogP contribution in [0.4, 0.5) is 0 Å². The highest BCUT2D eigenvalue weighted by molar-refractivity contribution is 7.78. The fraction of sp³-hybridized carbons (Fsp3) is 0.923. The fourth-order valence-electron chi connectivity index (χ4n) is 5.04. The van der Waals surface area contributed by atoms with Crippen molar-refractivity contribution in [3.05, 3.63) is 0 Å². The van der Waals surface area contributed by atoms with Gasteiger partial charge in [-0.2, -0.15) is 0 Å². The van der Waals surface area contributed by atoms with Crippen molar-refractivity contribution in [2.75, 3.05) is 0 Å². The minimum absolute atomic E-state index is 0.224. The number of hydrogen-bond acceptors (Lipinski definition) is 2. The van der Waals surface area contributed by atoms with Crippen LogP contribution in [0.3, 0.4) is 0 Å². The van der Waals surface area contributed by atoms with Crippen molar-refractivity contribution < 1.29 is 0 Å². The van der Waals surface area contributed by atoms with Crippen LogP contribution < -0.4 is 0 Å². The molecule has 4 bridgehead atoms. The first-order chi connectivity index (χ1) is 7.19. The lowest BCUT2D eigenvalue weighted by Crippen LogP contribution is -2.54. The lowest BCUT2D eigenvalue weighted by Gasteiger charge is -2.60. The van der Waals surface area contributed by atoms with Gasteiger partial charge >= 0.3 is 0 Å². The summed E-state index contributed by atoms with van der Waals surface area (Å²) in [6, 6.07) is 0. The van der Waals surface area contributed by atoms with Crippen molar-refractivity contribution in [3.8, 4) is 0 Å². The summed E-state index contributed by atoms with van der Waals surface area (Å²) in [6.45, 7) is 2.36. The normalized spacial score (nSPS) is 51.5. The zero-order valence-corrected chi connectivity index (χ0v) is 10.3. The third-order valence-corrected chi connectivity index (χ3v) is 5.28. The second-order valence-corrected chi connectivity index (χ2v) is 6.42. The minimum Gasteiger partial charge on any atom is -0.226 e. The van der Waals surface area contributed by atoms with Gasteiger partial charge in [-0.25, -0.2) is 4.99 Å². The summed E-state index contributed by atoms with van der Waals surface area (Å²) in [6.07, 6.45) is 9.64. The molecule has 0 radical (unpaired) electrons. The highest BCUT2D eigenvalue weighted by atomic mass is 32.1. The molecule has 0 aromatic heterocycles. The highest BCUT2D eigenvalue weighted by Crippen LogP contribution is 2.63. The van der Waals surface area contributed by atoms with Gasteiger partial charge in [0.15, 0.2) is 0 Å². The van der Waals surface area contributed by atoms with Gasteiger partial charge in [-0.05, 0) is 68.0 Å². The lowest BCUT2D eigenvalue weighted by molar-refractivity contribution is -0.0673. The first-order valence-electron chi connectivity index (χ1n) is 6.28. The van der Waals surface area contributed by atoms with Gasteiger partial charge in [0.05, 0.1) is 10.7 Å². The molecule has 4 aliphatic carbocycles. The van der Waals surface area contributed by atoms with E-state index in [-0.39, 0.29) is 5.54 Å². The molecule has 1 nitrogen and oxygen atoms in total. The molecule has 0 spiro atoms. The number of hydrogen-bond donors (Lipinski definition) is 0. The molecule has 4 fully saturated rings. The van der Waals surface area contributed by atoms with Gasteiger partial charge in [0.1, 0.15) is 0 Å². The van der Waals surface area contributed by atoms with Crippen LogP contribution in [0, 0.1) is 17.3 Å². The monoisotopic (exact) mass is 221 g/mol. The summed E-state index contributed by atoms with van der Waals surface area (Å²) in [7, 11) is 0. The molecule has 4 rings (SSSR count). The SMILES string of the molecule is CCC12CC3CC(C1)CC(N=C=S)(C3)C2. The van der Waals surface area contributed by atoms with Gasteiger partial charge in [0, 0.05) is 0 Å². The summed E-state index contributed by atoms with van der Waals surface area (Å²) < 4.78 is 0. The molecule has 0 heterocycles. The third kappa shape index (κ3) is 1.42. The van der Waals surface area contributed by atoms with E-state index in [9.17, 15) is 0 Å². The van der Waals surface area contributed by atoms with Gasteiger partial charge in [-0.15, -0.1) is 0 Å². The average Bonchev–Trinajstić information content (AvgIpc) is 2.15. The van der Waals surface area contributed by atoms with Crippen molar-refractivity contribution in [2.45, 2.75) is 57.4 Å². The van der Waals surface area contributed by atoms with E-state index in [4.69, 9.17) is 12.2 Å². The van der Waals surface area contributed by atoms with E-state index >= 15 is 0 Å². The van der Waals surface area contributed by atoms with Gasteiger partial charge < -0.3 is 0 Å². The lowest BCUT2D eigenvalue weighted by atomic mass is 9.46. The minimum atomic E-state index is 0.224. The molecule has 2 atom stereocenters. The van der Waals surface area contributed by atoms with Crippen LogP contribution in [0.25, 0.3) is 0 Å². The summed E-state index contributed by atoms with van der Waals surface area (Å²) in [4.78, 5) is 4.57. The van der Waals surface area contributed by atoms with E-state index in [2.05, 4.69) is 17.1 Å². The van der Waals surface area contributed by atoms with E-state index in [0.29, 0.717) is 5.41 Å². The summed E-state index contributed by atoms with van der Waals surface area (Å²) >= 11 is 4.84. The largest absolute Gasteiger partial charge is 0.226 e. The second-order valence-electron chi connectivity index (χ2n) is 6.24. The van der Waals surface area contributed by atoms with E-state index in [0.717, 1.165) is 11.8 Å². The number of thiocarbonyl (C=S) groups is 1. The predicted octanol–water partition coefficient (Wildman–Crippen LogP) is 3.84. The zero-order chi connectivity index (χ0) is 10.5. The van der Waals surface area contributed by atoms with Crippen LogP contribution >= 0.6 is 12.2 Å². The summed E-state index contributed by atoms with van der Waals surface area (Å²) in [5.74, 6) is 1.89. The van der Waals surface area contributed by atoms with Crippen molar-refractivity contribution in [3.63, 3.8) is 0 Å². The van der Waals surface area contributed by atoms with E-state index < -0.39 is 0 Å². The summed E-state index contributed by atoms with van der Waals surface area (Å²) in [5.41, 5.74) is 0.849. The highest BCUT2D eigenvalue weighted by Gasteiger charge is 2.56. The Morgan fingerprint density at radius 2 is 1.93 bits per heavy atom.